The predicted molar refractivity (Wildman–Crippen MR) is 93.2 cm³/mol. The predicted octanol–water partition coefficient (Wildman–Crippen LogP) is 1.14. The van der Waals surface area contributed by atoms with E-state index < -0.39 is 5.60 Å². The fraction of sp³-hybridized carbons (Fsp3) is 0.588. The standard InChI is InChI=1S/C17H27N5O/c1-17(2,23)12-22-15-10-13(4-5-14(15)19-16(22)18)11-21-8-6-20(3)7-9-21/h4-5,10,23H,6-9,11-12H2,1-3H3,(H2,18,19). The molecule has 126 valence electrons. The van der Waals surface area contributed by atoms with Crippen molar-refractivity contribution in [3.05, 3.63) is 23.8 Å². The molecule has 1 fully saturated rings. The van der Waals surface area contributed by atoms with Gasteiger partial charge in [-0.15, -0.1) is 0 Å². The van der Waals surface area contributed by atoms with E-state index in [0.29, 0.717) is 12.5 Å². The number of nitrogens with zero attached hydrogens (tertiary/aromatic N) is 4. The normalized spacial score (nSPS) is 17.9. The lowest BCUT2D eigenvalue weighted by molar-refractivity contribution is 0.0632. The van der Waals surface area contributed by atoms with Crippen LogP contribution < -0.4 is 5.73 Å². The van der Waals surface area contributed by atoms with Crippen molar-refractivity contribution in [3.8, 4) is 0 Å². The van der Waals surface area contributed by atoms with Crippen LogP contribution >= 0.6 is 0 Å². The molecule has 6 heteroatoms. The van der Waals surface area contributed by atoms with Crippen molar-refractivity contribution < 1.29 is 5.11 Å². The van der Waals surface area contributed by atoms with Gasteiger partial charge in [-0.2, -0.15) is 0 Å². The van der Waals surface area contributed by atoms with Gasteiger partial charge in [-0.1, -0.05) is 6.07 Å². The fourth-order valence-electron chi connectivity index (χ4n) is 3.10. The zero-order chi connectivity index (χ0) is 16.6. The number of hydrogen-bond acceptors (Lipinski definition) is 5. The third kappa shape index (κ3) is 3.83. The Bertz CT molecular complexity index is 680. The van der Waals surface area contributed by atoms with Gasteiger partial charge in [0.15, 0.2) is 0 Å². The van der Waals surface area contributed by atoms with Gasteiger partial charge in [0.1, 0.15) is 0 Å². The molecule has 2 aromatic rings. The van der Waals surface area contributed by atoms with E-state index in [1.807, 2.05) is 10.6 Å². The van der Waals surface area contributed by atoms with Crippen LogP contribution in [0.5, 0.6) is 0 Å². The number of likely N-dealkylation sites (N-methyl/N-ethyl adjacent to an activating group) is 1. The Morgan fingerprint density at radius 3 is 2.57 bits per heavy atom. The van der Waals surface area contributed by atoms with Gasteiger partial charge in [-0.25, -0.2) is 4.98 Å². The minimum absolute atomic E-state index is 0.438. The third-order valence-electron chi connectivity index (χ3n) is 4.39. The highest BCUT2D eigenvalue weighted by Crippen LogP contribution is 2.22. The van der Waals surface area contributed by atoms with Crippen LogP contribution in [0.3, 0.4) is 0 Å². The molecular weight excluding hydrogens is 290 g/mol. The van der Waals surface area contributed by atoms with Gasteiger partial charge >= 0.3 is 0 Å². The smallest absolute Gasteiger partial charge is 0.201 e. The quantitative estimate of drug-likeness (QED) is 0.885. The lowest BCUT2D eigenvalue weighted by Crippen LogP contribution is -2.43. The number of aromatic nitrogens is 2. The van der Waals surface area contributed by atoms with Gasteiger partial charge in [0.05, 0.1) is 23.2 Å². The van der Waals surface area contributed by atoms with Crippen LogP contribution in [0, 0.1) is 0 Å². The van der Waals surface area contributed by atoms with Crippen LogP contribution in [-0.4, -0.2) is 63.3 Å². The van der Waals surface area contributed by atoms with Gasteiger partial charge in [-0.3, -0.25) is 4.90 Å². The molecule has 2 heterocycles. The molecule has 1 aromatic carbocycles. The summed E-state index contributed by atoms with van der Waals surface area (Å²) in [5.74, 6) is 0.457. The van der Waals surface area contributed by atoms with E-state index >= 15 is 0 Å². The van der Waals surface area contributed by atoms with Crippen LogP contribution in [0.1, 0.15) is 19.4 Å². The van der Waals surface area contributed by atoms with Crippen molar-refractivity contribution in [2.24, 2.45) is 0 Å². The summed E-state index contributed by atoms with van der Waals surface area (Å²) >= 11 is 0. The Morgan fingerprint density at radius 2 is 1.91 bits per heavy atom. The van der Waals surface area contributed by atoms with Crippen molar-refractivity contribution >= 4 is 17.0 Å². The third-order valence-corrected chi connectivity index (χ3v) is 4.39. The number of piperazine rings is 1. The molecule has 0 amide bonds. The molecule has 0 aliphatic carbocycles. The van der Waals surface area contributed by atoms with Crippen molar-refractivity contribution in [3.63, 3.8) is 0 Å². The maximum absolute atomic E-state index is 10.1. The summed E-state index contributed by atoms with van der Waals surface area (Å²) < 4.78 is 1.91. The van der Waals surface area contributed by atoms with Crippen molar-refractivity contribution in [1.82, 2.24) is 19.4 Å². The van der Waals surface area contributed by atoms with E-state index in [2.05, 4.69) is 34.0 Å². The number of nitrogen functional groups attached to an aromatic ring is 1. The van der Waals surface area contributed by atoms with Crippen molar-refractivity contribution in [1.29, 1.82) is 0 Å². The van der Waals surface area contributed by atoms with E-state index in [0.717, 1.165) is 43.8 Å². The summed E-state index contributed by atoms with van der Waals surface area (Å²) in [7, 11) is 2.17. The number of anilines is 1. The minimum atomic E-state index is -0.824. The first kappa shape index (κ1) is 16.2. The number of aliphatic hydroxyl groups is 1. The SMILES string of the molecule is CN1CCN(Cc2ccc3nc(N)n(CC(C)(C)O)c3c2)CC1. The maximum Gasteiger partial charge on any atom is 0.201 e. The number of nitrogens with two attached hydrogens (primary N) is 1. The number of rotatable bonds is 4. The fourth-order valence-corrected chi connectivity index (χ4v) is 3.10. The van der Waals surface area contributed by atoms with E-state index in [1.54, 1.807) is 13.8 Å². The molecule has 0 bridgehead atoms. The molecule has 0 atom stereocenters. The molecule has 1 aromatic heterocycles. The van der Waals surface area contributed by atoms with Crippen LogP contribution in [0.15, 0.2) is 18.2 Å². The molecule has 1 aliphatic rings. The van der Waals surface area contributed by atoms with Crippen LogP contribution in [0.4, 0.5) is 5.95 Å². The molecule has 0 spiro atoms. The molecule has 1 saturated heterocycles. The van der Waals surface area contributed by atoms with E-state index in [-0.39, 0.29) is 0 Å². The zero-order valence-electron chi connectivity index (χ0n) is 14.3. The van der Waals surface area contributed by atoms with Crippen molar-refractivity contribution in [2.75, 3.05) is 39.0 Å². The second-order valence-corrected chi connectivity index (χ2v) is 7.27. The second kappa shape index (κ2) is 6.11. The minimum Gasteiger partial charge on any atom is -0.389 e. The molecule has 23 heavy (non-hydrogen) atoms. The Kier molecular flexibility index (Phi) is 4.31. The number of hydrogen-bond donors (Lipinski definition) is 2. The van der Waals surface area contributed by atoms with Crippen LogP contribution in [0.2, 0.25) is 0 Å². The summed E-state index contributed by atoms with van der Waals surface area (Å²) in [6, 6.07) is 6.31. The summed E-state index contributed by atoms with van der Waals surface area (Å²) in [4.78, 5) is 9.24. The summed E-state index contributed by atoms with van der Waals surface area (Å²) in [6.07, 6.45) is 0. The lowest BCUT2D eigenvalue weighted by Gasteiger charge is -2.32. The molecule has 1 aliphatic heterocycles. The maximum atomic E-state index is 10.1. The highest BCUT2D eigenvalue weighted by molar-refractivity contribution is 5.79. The number of fused-ring (bicyclic) bond motifs is 1. The lowest BCUT2D eigenvalue weighted by atomic mass is 10.1. The summed E-state index contributed by atoms with van der Waals surface area (Å²) in [6.45, 7) is 9.38. The monoisotopic (exact) mass is 317 g/mol. The first-order valence-electron chi connectivity index (χ1n) is 8.20. The molecule has 0 radical (unpaired) electrons. The molecule has 3 rings (SSSR count). The first-order valence-corrected chi connectivity index (χ1v) is 8.20. The molecular formula is C17H27N5O. The highest BCUT2D eigenvalue weighted by Gasteiger charge is 2.19. The largest absolute Gasteiger partial charge is 0.389 e. The van der Waals surface area contributed by atoms with Gasteiger partial charge < -0.3 is 20.3 Å². The highest BCUT2D eigenvalue weighted by atomic mass is 16.3. The van der Waals surface area contributed by atoms with E-state index in [1.165, 1.54) is 5.56 Å². The Morgan fingerprint density at radius 1 is 1.22 bits per heavy atom. The van der Waals surface area contributed by atoms with Crippen LogP contribution in [-0.2, 0) is 13.1 Å². The molecule has 3 N–H and O–H groups in total. The van der Waals surface area contributed by atoms with Gasteiger partial charge in [0, 0.05) is 32.7 Å². The Hall–Kier alpha value is -1.63. The van der Waals surface area contributed by atoms with Crippen LogP contribution in [0.25, 0.3) is 11.0 Å². The van der Waals surface area contributed by atoms with E-state index in [4.69, 9.17) is 5.73 Å². The number of benzene rings is 1. The van der Waals surface area contributed by atoms with Gasteiger partial charge in [0.25, 0.3) is 0 Å². The zero-order valence-corrected chi connectivity index (χ0v) is 14.3. The molecule has 0 saturated carbocycles. The Balaban J connectivity index is 1.84. The molecule has 6 nitrogen and oxygen atoms in total. The van der Waals surface area contributed by atoms with Crippen molar-refractivity contribution in [2.45, 2.75) is 32.5 Å². The second-order valence-electron chi connectivity index (χ2n) is 7.27. The average Bonchev–Trinajstić information content (AvgIpc) is 2.76. The first-order chi connectivity index (χ1) is 10.8. The summed E-state index contributed by atoms with van der Waals surface area (Å²) in [5.41, 5.74) is 8.35. The van der Waals surface area contributed by atoms with E-state index in [9.17, 15) is 5.11 Å². The Labute approximate surface area is 137 Å². The number of imidazole rings is 1. The molecule has 0 unspecified atom stereocenters. The topological polar surface area (TPSA) is 70.5 Å². The summed E-state index contributed by atoms with van der Waals surface area (Å²) in [5, 5.41) is 10.1. The van der Waals surface area contributed by atoms with Gasteiger partial charge in [-0.05, 0) is 38.6 Å². The average molecular weight is 317 g/mol. The van der Waals surface area contributed by atoms with Gasteiger partial charge in [0.2, 0.25) is 5.95 Å².